The van der Waals surface area contributed by atoms with Crippen molar-refractivity contribution in [2.75, 3.05) is 26.2 Å². The molecule has 1 N–H and O–H groups in total. The molecular formula is C19H34N6O. The number of nitrogens with zero attached hydrogens (tertiary/aromatic N) is 5. The third-order valence-electron chi connectivity index (χ3n) is 5.76. The zero-order valence-electron chi connectivity index (χ0n) is 16.5. The molecule has 0 radical (unpaired) electrons. The Labute approximate surface area is 157 Å². The number of carbonyl (C=O) groups excluding carboxylic acids is 1. The lowest BCUT2D eigenvalue weighted by atomic mass is 9.94. The van der Waals surface area contributed by atoms with Crippen LogP contribution in [0.3, 0.4) is 0 Å². The minimum atomic E-state index is -0.0913. The molecule has 26 heavy (non-hydrogen) atoms. The molecule has 1 aliphatic heterocycles. The van der Waals surface area contributed by atoms with Crippen molar-refractivity contribution in [1.82, 2.24) is 29.9 Å². The largest absolute Gasteiger partial charge is 0.328 e. The maximum atomic E-state index is 12.8. The van der Waals surface area contributed by atoms with Gasteiger partial charge in [0.25, 0.3) is 0 Å². The van der Waals surface area contributed by atoms with E-state index in [0.29, 0.717) is 5.92 Å². The first-order valence-corrected chi connectivity index (χ1v) is 10.2. The summed E-state index contributed by atoms with van der Waals surface area (Å²) >= 11 is 0. The van der Waals surface area contributed by atoms with Gasteiger partial charge in [-0.05, 0) is 25.2 Å². The summed E-state index contributed by atoms with van der Waals surface area (Å²) in [6, 6.07) is 0.676. The van der Waals surface area contributed by atoms with Crippen LogP contribution < -0.4 is 5.32 Å². The average Bonchev–Trinajstić information content (AvgIpc) is 3.07. The van der Waals surface area contributed by atoms with Gasteiger partial charge in [-0.25, -0.2) is 9.78 Å². The number of amides is 2. The Hall–Kier alpha value is -1.63. The summed E-state index contributed by atoms with van der Waals surface area (Å²) in [5.41, 5.74) is 0. The van der Waals surface area contributed by atoms with E-state index in [0.717, 1.165) is 44.5 Å². The first-order valence-electron chi connectivity index (χ1n) is 10.2. The van der Waals surface area contributed by atoms with Crippen molar-refractivity contribution in [2.24, 2.45) is 13.0 Å². The van der Waals surface area contributed by atoms with E-state index in [1.165, 1.54) is 32.1 Å². The van der Waals surface area contributed by atoms with E-state index in [1.54, 1.807) is 11.0 Å². The Bertz CT molecular complexity index is 572. The first kappa shape index (κ1) is 19.1. The molecule has 1 saturated carbocycles. The lowest BCUT2D eigenvalue weighted by Gasteiger charge is -2.41. The number of urea groups is 1. The van der Waals surface area contributed by atoms with Gasteiger partial charge < -0.3 is 10.2 Å². The smallest absolute Gasteiger partial charge is 0.318 e. The van der Waals surface area contributed by atoms with Crippen LogP contribution in [0.25, 0.3) is 0 Å². The van der Waals surface area contributed by atoms with Gasteiger partial charge in [-0.1, -0.05) is 33.1 Å². The number of nitrogens with one attached hydrogen (secondary N) is 1. The number of carbonyl (C=O) groups is 1. The van der Waals surface area contributed by atoms with Crippen molar-refractivity contribution in [2.45, 2.75) is 64.5 Å². The summed E-state index contributed by atoms with van der Waals surface area (Å²) in [5.74, 6) is 1.30. The minimum absolute atomic E-state index is 0.0296. The van der Waals surface area contributed by atoms with Gasteiger partial charge in [-0.2, -0.15) is 5.10 Å². The summed E-state index contributed by atoms with van der Waals surface area (Å²) in [7, 11) is 1.88. The normalized spacial score (nSPS) is 21.2. The number of aromatic nitrogens is 3. The molecule has 0 bridgehead atoms. The molecule has 1 atom stereocenters. The van der Waals surface area contributed by atoms with Gasteiger partial charge in [0, 0.05) is 39.3 Å². The third-order valence-corrected chi connectivity index (χ3v) is 5.76. The van der Waals surface area contributed by atoms with E-state index >= 15 is 0 Å². The minimum Gasteiger partial charge on any atom is -0.328 e. The fraction of sp³-hybridized carbons (Fsp3) is 0.842. The van der Waals surface area contributed by atoms with Crippen LogP contribution in [0.4, 0.5) is 4.79 Å². The topological polar surface area (TPSA) is 66.3 Å². The maximum absolute atomic E-state index is 12.8. The SMILES string of the molecule is CC(C)C[C@H](NC(=O)N1CCN(C2CCCCC2)CC1)c1ncnn1C. The predicted octanol–water partition coefficient (Wildman–Crippen LogP) is 2.56. The Morgan fingerprint density at radius 2 is 1.88 bits per heavy atom. The molecule has 2 heterocycles. The molecule has 0 aromatic carbocycles. The van der Waals surface area contributed by atoms with Gasteiger partial charge in [-0.15, -0.1) is 0 Å². The van der Waals surface area contributed by atoms with Crippen LogP contribution in [0.15, 0.2) is 6.33 Å². The highest BCUT2D eigenvalue weighted by Gasteiger charge is 2.29. The summed E-state index contributed by atoms with van der Waals surface area (Å²) in [4.78, 5) is 21.7. The molecule has 0 spiro atoms. The molecule has 2 aliphatic rings. The predicted molar refractivity (Wildman–Crippen MR) is 102 cm³/mol. The van der Waals surface area contributed by atoms with E-state index in [9.17, 15) is 4.79 Å². The maximum Gasteiger partial charge on any atom is 0.318 e. The van der Waals surface area contributed by atoms with Gasteiger partial charge in [0.15, 0.2) is 0 Å². The molecule has 1 saturated heterocycles. The number of hydrogen-bond donors (Lipinski definition) is 1. The Kier molecular flexibility index (Phi) is 6.51. The fourth-order valence-corrected chi connectivity index (χ4v) is 4.30. The van der Waals surface area contributed by atoms with Gasteiger partial charge in [-0.3, -0.25) is 9.58 Å². The zero-order valence-corrected chi connectivity index (χ0v) is 16.5. The van der Waals surface area contributed by atoms with E-state index in [1.807, 2.05) is 11.9 Å². The van der Waals surface area contributed by atoms with Crippen molar-refractivity contribution in [3.63, 3.8) is 0 Å². The molecule has 7 heteroatoms. The highest BCUT2D eigenvalue weighted by Crippen LogP contribution is 2.24. The van der Waals surface area contributed by atoms with Crippen LogP contribution in [0, 0.1) is 5.92 Å². The monoisotopic (exact) mass is 362 g/mol. The standard InChI is InChI=1S/C19H34N6O/c1-15(2)13-17(18-20-14-21-23(18)3)22-19(26)25-11-9-24(10-12-25)16-7-5-4-6-8-16/h14-17H,4-13H2,1-3H3,(H,22,26)/t17-/m0/s1. The molecule has 3 rings (SSSR count). The van der Waals surface area contributed by atoms with Crippen molar-refractivity contribution in [3.05, 3.63) is 12.2 Å². The third kappa shape index (κ3) is 4.75. The molecular weight excluding hydrogens is 328 g/mol. The molecule has 1 aliphatic carbocycles. The summed E-state index contributed by atoms with van der Waals surface area (Å²) in [5, 5.41) is 7.36. The highest BCUT2D eigenvalue weighted by atomic mass is 16.2. The number of hydrogen-bond acceptors (Lipinski definition) is 4. The second-order valence-corrected chi connectivity index (χ2v) is 8.19. The van der Waals surface area contributed by atoms with Crippen molar-refractivity contribution in [1.29, 1.82) is 0 Å². The van der Waals surface area contributed by atoms with Crippen LogP contribution in [0.5, 0.6) is 0 Å². The van der Waals surface area contributed by atoms with E-state index in [-0.39, 0.29) is 12.1 Å². The van der Waals surface area contributed by atoms with Crippen LogP contribution in [-0.4, -0.2) is 62.8 Å². The van der Waals surface area contributed by atoms with Crippen LogP contribution >= 0.6 is 0 Å². The molecule has 0 unspecified atom stereocenters. The summed E-state index contributed by atoms with van der Waals surface area (Å²) < 4.78 is 1.76. The molecule has 1 aromatic heterocycles. The number of aryl methyl sites for hydroxylation is 1. The van der Waals surface area contributed by atoms with Gasteiger partial charge >= 0.3 is 6.03 Å². The van der Waals surface area contributed by atoms with Crippen molar-refractivity contribution < 1.29 is 4.79 Å². The van der Waals surface area contributed by atoms with Crippen LogP contribution in [-0.2, 0) is 7.05 Å². The van der Waals surface area contributed by atoms with E-state index in [2.05, 4.69) is 34.1 Å². The molecule has 2 fully saturated rings. The Balaban J connectivity index is 1.54. The average molecular weight is 363 g/mol. The number of piperazine rings is 1. The molecule has 7 nitrogen and oxygen atoms in total. The lowest BCUT2D eigenvalue weighted by Crippen LogP contribution is -2.54. The second-order valence-electron chi connectivity index (χ2n) is 8.19. The molecule has 1 aromatic rings. The highest BCUT2D eigenvalue weighted by molar-refractivity contribution is 5.74. The molecule has 2 amide bonds. The Morgan fingerprint density at radius 1 is 1.19 bits per heavy atom. The lowest BCUT2D eigenvalue weighted by molar-refractivity contribution is 0.0892. The van der Waals surface area contributed by atoms with Gasteiger partial charge in [0.2, 0.25) is 0 Å². The Morgan fingerprint density at radius 3 is 2.46 bits per heavy atom. The fourth-order valence-electron chi connectivity index (χ4n) is 4.30. The second kappa shape index (κ2) is 8.84. The van der Waals surface area contributed by atoms with Crippen LogP contribution in [0.2, 0.25) is 0 Å². The van der Waals surface area contributed by atoms with Crippen molar-refractivity contribution >= 4 is 6.03 Å². The van der Waals surface area contributed by atoms with E-state index in [4.69, 9.17) is 0 Å². The zero-order chi connectivity index (χ0) is 18.5. The summed E-state index contributed by atoms with van der Waals surface area (Å²) in [6.07, 6.45) is 9.18. The van der Waals surface area contributed by atoms with E-state index < -0.39 is 0 Å². The first-order chi connectivity index (χ1) is 12.5. The number of rotatable bonds is 5. The summed E-state index contributed by atoms with van der Waals surface area (Å²) in [6.45, 7) is 7.95. The van der Waals surface area contributed by atoms with Gasteiger partial charge in [0.1, 0.15) is 12.2 Å². The van der Waals surface area contributed by atoms with Crippen molar-refractivity contribution in [3.8, 4) is 0 Å². The van der Waals surface area contributed by atoms with Crippen LogP contribution in [0.1, 0.15) is 64.2 Å². The molecule has 146 valence electrons. The van der Waals surface area contributed by atoms with Gasteiger partial charge in [0.05, 0.1) is 6.04 Å². The quantitative estimate of drug-likeness (QED) is 0.874.